The smallest absolute Gasteiger partial charge is 0.423 e. The molecule has 1 atom stereocenters. The Morgan fingerprint density at radius 1 is 0.593 bits per heavy atom. The van der Waals surface area contributed by atoms with Crippen LogP contribution in [0.4, 0.5) is 42.1 Å². The zero-order valence-electron chi connectivity index (χ0n) is 30.8. The Kier molecular flexibility index (Phi) is 18.6. The van der Waals surface area contributed by atoms with Crippen molar-refractivity contribution in [2.75, 3.05) is 13.2 Å². The van der Waals surface area contributed by atoms with Crippen LogP contribution in [0, 0.1) is 26.0 Å². The molecular formula is C38H33F7N2O12. The molecule has 0 radical (unpaired) electrons. The quantitative estimate of drug-likeness (QED) is 0.0312. The SMILES string of the molecule is CCOC(=O)C(C(=O)OCc1ccccc1)c1ccc([N+](=O)[O-])c(C(F)(F)F)c1.CCOC(=O)CC(=O)OCc1ccccc1.O=[N+]([O-])c1ccc(F)cc1C(F)(F)F. The summed E-state index contributed by atoms with van der Waals surface area (Å²) in [6.45, 7) is 3.26. The summed E-state index contributed by atoms with van der Waals surface area (Å²) in [6.07, 6.45) is -10.3. The number of benzene rings is 4. The van der Waals surface area contributed by atoms with E-state index < -0.39 is 85.9 Å². The summed E-state index contributed by atoms with van der Waals surface area (Å²) >= 11 is 0. The highest BCUT2D eigenvalue weighted by Gasteiger charge is 2.41. The van der Waals surface area contributed by atoms with E-state index in [9.17, 15) is 70.1 Å². The number of hydrogen-bond donors (Lipinski definition) is 0. The van der Waals surface area contributed by atoms with Crippen LogP contribution < -0.4 is 0 Å². The van der Waals surface area contributed by atoms with Gasteiger partial charge in [-0.25, -0.2) is 4.39 Å². The Balaban J connectivity index is 0.000000337. The maximum Gasteiger partial charge on any atom is 0.423 e. The second kappa shape index (κ2) is 22.7. The lowest BCUT2D eigenvalue weighted by atomic mass is 9.96. The van der Waals surface area contributed by atoms with Gasteiger partial charge in [-0.1, -0.05) is 66.7 Å². The maximum atomic E-state index is 13.2. The van der Waals surface area contributed by atoms with Crippen LogP contribution in [0.2, 0.25) is 0 Å². The predicted molar refractivity (Wildman–Crippen MR) is 189 cm³/mol. The van der Waals surface area contributed by atoms with Crippen LogP contribution in [0.25, 0.3) is 0 Å². The second-order valence-corrected chi connectivity index (χ2v) is 11.4. The minimum absolute atomic E-state index is 0.0954. The molecule has 0 heterocycles. The summed E-state index contributed by atoms with van der Waals surface area (Å²) in [5.74, 6) is -6.35. The van der Waals surface area contributed by atoms with E-state index in [1.807, 2.05) is 30.3 Å². The zero-order valence-corrected chi connectivity index (χ0v) is 30.8. The molecule has 0 aliphatic carbocycles. The minimum atomic E-state index is -5.06. The van der Waals surface area contributed by atoms with Gasteiger partial charge in [0.2, 0.25) is 0 Å². The number of esters is 4. The Morgan fingerprint density at radius 2 is 1.02 bits per heavy atom. The number of carbonyl (C=O) groups excluding carboxylic acids is 4. The lowest BCUT2D eigenvalue weighted by molar-refractivity contribution is -0.388. The molecule has 14 nitrogen and oxygen atoms in total. The van der Waals surface area contributed by atoms with Crippen molar-refractivity contribution in [3.8, 4) is 0 Å². The fourth-order valence-electron chi connectivity index (χ4n) is 4.54. The molecule has 4 aromatic rings. The van der Waals surface area contributed by atoms with Gasteiger partial charge in [-0.2, -0.15) is 26.3 Å². The number of carbonyl (C=O) groups is 4. The Hall–Kier alpha value is -6.93. The highest BCUT2D eigenvalue weighted by atomic mass is 19.4. The number of alkyl halides is 6. The molecule has 0 aliphatic heterocycles. The van der Waals surface area contributed by atoms with Crippen molar-refractivity contribution in [2.24, 2.45) is 0 Å². The fourth-order valence-corrected chi connectivity index (χ4v) is 4.54. The van der Waals surface area contributed by atoms with Gasteiger partial charge in [0.25, 0.3) is 11.4 Å². The molecule has 0 aromatic heterocycles. The molecule has 0 amide bonds. The number of halogens is 7. The molecule has 21 heteroatoms. The van der Waals surface area contributed by atoms with Crippen LogP contribution in [0.15, 0.2) is 97.1 Å². The van der Waals surface area contributed by atoms with Gasteiger partial charge in [0.15, 0.2) is 5.92 Å². The van der Waals surface area contributed by atoms with Gasteiger partial charge >= 0.3 is 36.2 Å². The zero-order chi connectivity index (χ0) is 44.3. The average Bonchev–Trinajstić information content (AvgIpc) is 3.17. The summed E-state index contributed by atoms with van der Waals surface area (Å²) < 4.78 is 108. The topological polar surface area (TPSA) is 191 Å². The number of hydrogen-bond acceptors (Lipinski definition) is 12. The van der Waals surface area contributed by atoms with Crippen molar-refractivity contribution in [3.05, 3.63) is 151 Å². The van der Waals surface area contributed by atoms with Gasteiger partial charge in [-0.05, 0) is 48.7 Å². The van der Waals surface area contributed by atoms with E-state index in [2.05, 4.69) is 4.74 Å². The molecule has 316 valence electrons. The van der Waals surface area contributed by atoms with E-state index in [4.69, 9.17) is 14.2 Å². The first kappa shape index (κ1) is 48.2. The monoisotopic (exact) mass is 842 g/mol. The van der Waals surface area contributed by atoms with E-state index in [0.717, 1.165) is 11.6 Å². The minimum Gasteiger partial charge on any atom is -0.466 e. The first-order chi connectivity index (χ1) is 27.7. The van der Waals surface area contributed by atoms with E-state index >= 15 is 0 Å². The van der Waals surface area contributed by atoms with Gasteiger partial charge in [-0.3, -0.25) is 39.4 Å². The molecule has 0 bridgehead atoms. The largest absolute Gasteiger partial charge is 0.466 e. The highest BCUT2D eigenvalue weighted by molar-refractivity contribution is 6.01. The summed E-state index contributed by atoms with van der Waals surface area (Å²) in [6, 6.07) is 20.8. The van der Waals surface area contributed by atoms with Gasteiger partial charge in [0.1, 0.15) is 36.6 Å². The molecule has 59 heavy (non-hydrogen) atoms. The highest BCUT2D eigenvalue weighted by Crippen LogP contribution is 2.38. The van der Waals surface area contributed by atoms with Crippen LogP contribution in [0.3, 0.4) is 0 Å². The molecule has 0 aliphatic rings. The molecule has 0 saturated heterocycles. The number of nitrogens with zero attached hydrogens (tertiary/aromatic N) is 2. The van der Waals surface area contributed by atoms with Crippen LogP contribution in [-0.2, 0) is 63.7 Å². The third-order valence-electron chi connectivity index (χ3n) is 7.14. The Bertz CT molecular complexity index is 2060. The van der Waals surface area contributed by atoms with E-state index in [0.29, 0.717) is 29.8 Å². The summed E-state index contributed by atoms with van der Waals surface area (Å²) in [4.78, 5) is 65.5. The lowest BCUT2D eigenvalue weighted by Gasteiger charge is -2.17. The fraction of sp³-hybridized carbons (Fsp3) is 0.263. The molecule has 0 saturated carbocycles. The van der Waals surface area contributed by atoms with Crippen molar-refractivity contribution in [1.29, 1.82) is 0 Å². The van der Waals surface area contributed by atoms with Crippen molar-refractivity contribution in [2.45, 2.75) is 51.8 Å². The molecule has 4 rings (SSSR count). The van der Waals surface area contributed by atoms with Crippen LogP contribution in [0.5, 0.6) is 0 Å². The third-order valence-corrected chi connectivity index (χ3v) is 7.14. The van der Waals surface area contributed by atoms with Gasteiger partial charge < -0.3 is 18.9 Å². The lowest BCUT2D eigenvalue weighted by Crippen LogP contribution is -2.26. The van der Waals surface area contributed by atoms with Crippen LogP contribution in [-0.4, -0.2) is 46.9 Å². The molecule has 0 spiro atoms. The van der Waals surface area contributed by atoms with Gasteiger partial charge in [-0.15, -0.1) is 0 Å². The van der Waals surface area contributed by atoms with Crippen molar-refractivity contribution < 1.29 is 78.7 Å². The van der Waals surface area contributed by atoms with E-state index in [1.165, 1.54) is 6.92 Å². The number of nitro benzene ring substituents is 2. The van der Waals surface area contributed by atoms with E-state index in [1.54, 1.807) is 37.3 Å². The third kappa shape index (κ3) is 16.2. The maximum absolute atomic E-state index is 13.2. The van der Waals surface area contributed by atoms with Crippen molar-refractivity contribution in [3.63, 3.8) is 0 Å². The van der Waals surface area contributed by atoms with Gasteiger partial charge in [0, 0.05) is 12.1 Å². The molecule has 4 aromatic carbocycles. The second-order valence-electron chi connectivity index (χ2n) is 11.4. The summed E-state index contributed by atoms with van der Waals surface area (Å²) in [5.41, 5.74) is -4.43. The van der Waals surface area contributed by atoms with Crippen molar-refractivity contribution >= 4 is 35.3 Å². The molecular weight excluding hydrogens is 809 g/mol. The Labute approximate surface area is 329 Å². The summed E-state index contributed by atoms with van der Waals surface area (Å²) in [5, 5.41) is 21.1. The Morgan fingerprint density at radius 3 is 1.47 bits per heavy atom. The number of ether oxygens (including phenoxy) is 4. The van der Waals surface area contributed by atoms with E-state index in [-0.39, 0.29) is 38.9 Å². The molecule has 0 fully saturated rings. The summed E-state index contributed by atoms with van der Waals surface area (Å²) in [7, 11) is 0. The van der Waals surface area contributed by atoms with Gasteiger partial charge in [0.05, 0.1) is 23.1 Å². The number of rotatable bonds is 13. The molecule has 1 unspecified atom stereocenters. The van der Waals surface area contributed by atoms with Crippen LogP contribution >= 0.6 is 0 Å². The average molecular weight is 843 g/mol. The van der Waals surface area contributed by atoms with Crippen molar-refractivity contribution in [1.82, 2.24) is 0 Å². The first-order valence-corrected chi connectivity index (χ1v) is 16.8. The normalized spacial score (nSPS) is 11.3. The first-order valence-electron chi connectivity index (χ1n) is 16.8. The predicted octanol–water partition coefficient (Wildman–Crippen LogP) is 8.44. The van der Waals surface area contributed by atoms with Crippen LogP contribution in [0.1, 0.15) is 54.0 Å². The standard InChI is InChI=1S/C19H16F3NO6.C12H14O4.C7H3F4NO2/c1-2-28-17(24)16(18(25)29-11-12-6-4-3-5-7-12)13-8-9-15(23(26)27)14(10-13)19(20,21)22;1-2-15-11(13)8-12(14)16-9-10-6-4-3-5-7-10;8-4-1-2-6(12(13)14)5(3-4)7(9,10)11/h3-10,16H,2,11H2,1H3;3-7H,2,8-9H2,1H3;1-3H. The number of nitro groups is 2. The molecule has 0 N–H and O–H groups in total.